The van der Waals surface area contributed by atoms with Gasteiger partial charge in [0.25, 0.3) is 5.56 Å². The highest BCUT2D eigenvalue weighted by molar-refractivity contribution is 5.91. The van der Waals surface area contributed by atoms with Gasteiger partial charge in [-0.15, -0.1) is 0 Å². The van der Waals surface area contributed by atoms with Crippen molar-refractivity contribution in [3.63, 3.8) is 0 Å². The number of aliphatic hydroxyl groups is 1. The van der Waals surface area contributed by atoms with Crippen molar-refractivity contribution in [2.24, 2.45) is 0 Å². The SMILES string of the molecule is Cc1nc(-c2ccc(C(F)(F)F)cc2)n(CC(=O)Nc2cccc(C(F)(F)F)c2)c(=O)c1CCO. The number of aryl methyl sites for hydroxylation is 1. The predicted molar refractivity (Wildman–Crippen MR) is 115 cm³/mol. The van der Waals surface area contributed by atoms with Crippen LogP contribution in [0.15, 0.2) is 53.3 Å². The fourth-order valence-electron chi connectivity index (χ4n) is 3.39. The molecule has 1 heterocycles. The number of halogens is 6. The lowest BCUT2D eigenvalue weighted by Crippen LogP contribution is -2.33. The quantitative estimate of drug-likeness (QED) is 0.492. The molecule has 0 aliphatic carbocycles. The highest BCUT2D eigenvalue weighted by Gasteiger charge is 2.31. The van der Waals surface area contributed by atoms with Crippen LogP contribution in [0.2, 0.25) is 0 Å². The molecule has 0 aliphatic heterocycles. The first-order valence-electron chi connectivity index (χ1n) is 10.2. The lowest BCUT2D eigenvalue weighted by Gasteiger charge is -2.16. The van der Waals surface area contributed by atoms with Crippen LogP contribution in [-0.2, 0) is 30.1 Å². The highest BCUT2D eigenvalue weighted by atomic mass is 19.4. The molecule has 3 aromatic rings. The number of hydrogen-bond donors (Lipinski definition) is 2. The lowest BCUT2D eigenvalue weighted by atomic mass is 10.1. The molecule has 12 heteroatoms. The molecular formula is C23H19F6N3O3. The van der Waals surface area contributed by atoms with Crippen molar-refractivity contribution in [1.29, 1.82) is 0 Å². The van der Waals surface area contributed by atoms with Crippen molar-refractivity contribution < 1.29 is 36.2 Å². The molecule has 0 aliphatic rings. The Hall–Kier alpha value is -3.67. The van der Waals surface area contributed by atoms with E-state index in [-0.39, 0.29) is 34.8 Å². The van der Waals surface area contributed by atoms with Gasteiger partial charge in [-0.1, -0.05) is 18.2 Å². The first-order chi connectivity index (χ1) is 16.3. The van der Waals surface area contributed by atoms with Gasteiger partial charge < -0.3 is 10.4 Å². The van der Waals surface area contributed by atoms with E-state index in [0.29, 0.717) is 0 Å². The minimum Gasteiger partial charge on any atom is -0.396 e. The molecule has 35 heavy (non-hydrogen) atoms. The number of carbonyl (C=O) groups is 1. The Balaban J connectivity index is 2.00. The van der Waals surface area contributed by atoms with Crippen molar-refractivity contribution in [3.05, 3.63) is 81.3 Å². The zero-order valence-corrected chi connectivity index (χ0v) is 18.2. The fraction of sp³-hybridized carbons (Fsp3) is 0.261. The number of carbonyl (C=O) groups excluding carboxylic acids is 1. The summed E-state index contributed by atoms with van der Waals surface area (Å²) in [5, 5.41) is 11.5. The molecule has 0 saturated carbocycles. The smallest absolute Gasteiger partial charge is 0.396 e. The molecule has 0 fully saturated rings. The largest absolute Gasteiger partial charge is 0.416 e. The molecule has 186 valence electrons. The number of alkyl halides is 6. The van der Waals surface area contributed by atoms with Crippen LogP contribution in [0.5, 0.6) is 0 Å². The third-order valence-electron chi connectivity index (χ3n) is 5.08. The van der Waals surface area contributed by atoms with Crippen LogP contribution in [0.1, 0.15) is 22.4 Å². The minimum absolute atomic E-state index is 0.0831. The van der Waals surface area contributed by atoms with Crippen molar-refractivity contribution >= 4 is 11.6 Å². The van der Waals surface area contributed by atoms with E-state index in [0.717, 1.165) is 47.0 Å². The molecule has 2 aromatic carbocycles. The topological polar surface area (TPSA) is 84.2 Å². The highest BCUT2D eigenvalue weighted by Crippen LogP contribution is 2.32. The standard InChI is InChI=1S/C23H19F6N3O3/c1-13-18(9-10-33)21(35)32(20(30-13)14-5-7-15(8-6-14)22(24,25)26)12-19(34)31-17-4-2-3-16(11-17)23(27,28)29/h2-8,11,33H,9-10,12H2,1H3,(H,31,34). The van der Waals surface area contributed by atoms with Crippen molar-refractivity contribution in [1.82, 2.24) is 9.55 Å². The summed E-state index contributed by atoms with van der Waals surface area (Å²) in [5.41, 5.74) is -2.36. The Morgan fingerprint density at radius 1 is 1.00 bits per heavy atom. The zero-order chi connectivity index (χ0) is 26.0. The van der Waals surface area contributed by atoms with Crippen LogP contribution < -0.4 is 10.9 Å². The molecule has 1 aromatic heterocycles. The van der Waals surface area contributed by atoms with Gasteiger partial charge in [0.05, 0.1) is 11.1 Å². The van der Waals surface area contributed by atoms with Gasteiger partial charge in [-0.3, -0.25) is 14.2 Å². The summed E-state index contributed by atoms with van der Waals surface area (Å²) in [6.07, 6.45) is -9.30. The van der Waals surface area contributed by atoms with Gasteiger partial charge in [0.2, 0.25) is 5.91 Å². The van der Waals surface area contributed by atoms with Crippen LogP contribution in [0, 0.1) is 6.92 Å². The third kappa shape index (κ3) is 6.07. The second-order valence-electron chi connectivity index (χ2n) is 7.57. The van der Waals surface area contributed by atoms with E-state index < -0.39 is 48.1 Å². The van der Waals surface area contributed by atoms with Gasteiger partial charge in [0.15, 0.2) is 0 Å². The molecule has 0 saturated heterocycles. The Kier molecular flexibility index (Phi) is 7.34. The average Bonchev–Trinajstić information content (AvgIpc) is 2.77. The number of nitrogens with zero attached hydrogens (tertiary/aromatic N) is 2. The Bertz CT molecular complexity index is 1280. The summed E-state index contributed by atoms with van der Waals surface area (Å²) in [6.45, 7) is 0.401. The average molecular weight is 499 g/mol. The van der Waals surface area contributed by atoms with Gasteiger partial charge in [-0.05, 0) is 37.3 Å². The third-order valence-corrected chi connectivity index (χ3v) is 5.08. The molecule has 1 amide bonds. The molecule has 0 unspecified atom stereocenters. The Morgan fingerprint density at radius 2 is 1.63 bits per heavy atom. The number of amides is 1. The number of benzene rings is 2. The molecule has 6 nitrogen and oxygen atoms in total. The monoisotopic (exact) mass is 499 g/mol. The first kappa shape index (κ1) is 25.9. The second-order valence-corrected chi connectivity index (χ2v) is 7.57. The predicted octanol–water partition coefficient (Wildman–Crippen LogP) is 4.43. The summed E-state index contributed by atoms with van der Waals surface area (Å²) in [4.78, 5) is 30.0. The van der Waals surface area contributed by atoms with Crippen molar-refractivity contribution in [2.45, 2.75) is 32.2 Å². The lowest BCUT2D eigenvalue weighted by molar-refractivity contribution is -0.138. The maximum Gasteiger partial charge on any atom is 0.416 e. The van der Waals surface area contributed by atoms with E-state index in [1.807, 2.05) is 0 Å². The minimum atomic E-state index is -4.63. The van der Waals surface area contributed by atoms with Crippen molar-refractivity contribution in [2.75, 3.05) is 11.9 Å². The first-order valence-corrected chi connectivity index (χ1v) is 10.2. The molecule has 0 spiro atoms. The summed E-state index contributed by atoms with van der Waals surface area (Å²) < 4.78 is 78.5. The number of anilines is 1. The summed E-state index contributed by atoms with van der Waals surface area (Å²) in [5.74, 6) is -0.970. The number of aliphatic hydroxyl groups excluding tert-OH is 1. The summed E-state index contributed by atoms with van der Waals surface area (Å²) in [6, 6.07) is 7.67. The van der Waals surface area contributed by atoms with Crippen LogP contribution in [0.4, 0.5) is 32.0 Å². The zero-order valence-electron chi connectivity index (χ0n) is 18.2. The van der Waals surface area contributed by atoms with E-state index >= 15 is 0 Å². The molecule has 2 N–H and O–H groups in total. The number of hydrogen-bond acceptors (Lipinski definition) is 4. The van der Waals surface area contributed by atoms with E-state index in [1.165, 1.54) is 13.0 Å². The molecule has 0 atom stereocenters. The van der Waals surface area contributed by atoms with E-state index in [4.69, 9.17) is 0 Å². The summed E-state index contributed by atoms with van der Waals surface area (Å²) in [7, 11) is 0. The van der Waals surface area contributed by atoms with Gasteiger partial charge in [-0.2, -0.15) is 26.3 Å². The van der Waals surface area contributed by atoms with Crippen LogP contribution in [0.3, 0.4) is 0 Å². The number of aromatic nitrogens is 2. The Labute approximate surface area is 194 Å². The van der Waals surface area contributed by atoms with Gasteiger partial charge in [0.1, 0.15) is 12.4 Å². The normalized spacial score (nSPS) is 12.0. The van der Waals surface area contributed by atoms with E-state index in [1.54, 1.807) is 0 Å². The molecule has 0 radical (unpaired) electrons. The second kappa shape index (κ2) is 9.90. The van der Waals surface area contributed by atoms with Gasteiger partial charge >= 0.3 is 12.4 Å². The van der Waals surface area contributed by atoms with Gasteiger partial charge in [0, 0.05) is 35.5 Å². The maximum absolute atomic E-state index is 13.1. The van der Waals surface area contributed by atoms with Crippen molar-refractivity contribution in [3.8, 4) is 11.4 Å². The number of rotatable bonds is 6. The van der Waals surface area contributed by atoms with Crippen LogP contribution >= 0.6 is 0 Å². The number of nitrogens with one attached hydrogen (secondary N) is 1. The maximum atomic E-state index is 13.1. The van der Waals surface area contributed by atoms with Gasteiger partial charge in [-0.25, -0.2) is 4.98 Å². The molecule has 3 rings (SSSR count). The van der Waals surface area contributed by atoms with E-state index in [2.05, 4.69) is 10.3 Å². The molecule has 0 bridgehead atoms. The summed E-state index contributed by atoms with van der Waals surface area (Å²) >= 11 is 0. The van der Waals surface area contributed by atoms with E-state index in [9.17, 15) is 41.0 Å². The molecular weight excluding hydrogens is 480 g/mol. The van der Waals surface area contributed by atoms with Crippen LogP contribution in [0.25, 0.3) is 11.4 Å². The fourth-order valence-corrected chi connectivity index (χ4v) is 3.39. The Morgan fingerprint density at radius 3 is 2.20 bits per heavy atom. The van der Waals surface area contributed by atoms with Crippen LogP contribution in [-0.4, -0.2) is 27.2 Å².